The van der Waals surface area contributed by atoms with E-state index in [-0.39, 0.29) is 17.5 Å². The highest BCUT2D eigenvalue weighted by molar-refractivity contribution is 5.72. The van der Waals surface area contributed by atoms with Gasteiger partial charge in [-0.2, -0.15) is 0 Å². The van der Waals surface area contributed by atoms with Gasteiger partial charge in [0.25, 0.3) is 0 Å². The van der Waals surface area contributed by atoms with Crippen molar-refractivity contribution in [3.05, 3.63) is 0 Å². The number of carbonyl (C=O) groups is 1. The quantitative estimate of drug-likeness (QED) is 0.717. The van der Waals surface area contributed by atoms with Crippen molar-refractivity contribution < 1.29 is 9.53 Å². The Bertz CT molecular complexity index is 349. The molecule has 0 unspecified atom stereocenters. The molecule has 0 aromatic carbocycles. The van der Waals surface area contributed by atoms with Gasteiger partial charge in [0.05, 0.1) is 6.54 Å². The smallest absolute Gasteiger partial charge is 0.320 e. The van der Waals surface area contributed by atoms with Gasteiger partial charge in [-0.15, -0.1) is 0 Å². The molecule has 2 aliphatic rings. The van der Waals surface area contributed by atoms with Crippen molar-refractivity contribution in [3.8, 4) is 0 Å². The third kappa shape index (κ3) is 2.31. The van der Waals surface area contributed by atoms with Gasteiger partial charge < -0.3 is 4.74 Å². The lowest BCUT2D eigenvalue weighted by Gasteiger charge is -2.38. The van der Waals surface area contributed by atoms with Crippen molar-refractivity contribution in [2.45, 2.75) is 60.0 Å². The number of ether oxygens (including phenoxy) is 1. The van der Waals surface area contributed by atoms with Crippen molar-refractivity contribution in [2.75, 3.05) is 19.6 Å². The average molecular weight is 267 g/mol. The SMILES string of the molecule is CCN(CC)CC(=O)O[C@H]1C[C@H]2CC[C@@]1(C)C2(C)C. The summed E-state index contributed by atoms with van der Waals surface area (Å²) >= 11 is 0. The van der Waals surface area contributed by atoms with Crippen molar-refractivity contribution in [3.63, 3.8) is 0 Å². The number of hydrogen-bond donors (Lipinski definition) is 0. The Morgan fingerprint density at radius 3 is 2.32 bits per heavy atom. The predicted molar refractivity (Wildman–Crippen MR) is 76.9 cm³/mol. The Labute approximate surface area is 117 Å². The molecule has 0 aromatic heterocycles. The van der Waals surface area contributed by atoms with E-state index >= 15 is 0 Å². The molecule has 3 nitrogen and oxygen atoms in total. The molecule has 0 aromatic rings. The van der Waals surface area contributed by atoms with E-state index < -0.39 is 0 Å². The Hall–Kier alpha value is -0.570. The van der Waals surface area contributed by atoms with Gasteiger partial charge in [0.15, 0.2) is 0 Å². The Morgan fingerprint density at radius 2 is 1.89 bits per heavy atom. The largest absolute Gasteiger partial charge is 0.461 e. The summed E-state index contributed by atoms with van der Waals surface area (Å²) in [7, 11) is 0. The first-order chi connectivity index (χ1) is 8.85. The van der Waals surface area contributed by atoms with Gasteiger partial charge in [0, 0.05) is 5.41 Å². The van der Waals surface area contributed by atoms with Gasteiger partial charge in [-0.25, -0.2) is 0 Å². The van der Waals surface area contributed by atoms with E-state index in [2.05, 4.69) is 39.5 Å². The summed E-state index contributed by atoms with van der Waals surface area (Å²) in [5, 5.41) is 0. The highest BCUT2D eigenvalue weighted by atomic mass is 16.5. The molecule has 3 atom stereocenters. The maximum atomic E-state index is 12.1. The van der Waals surface area contributed by atoms with Crippen LogP contribution in [0.2, 0.25) is 0 Å². The highest BCUT2D eigenvalue weighted by Gasteiger charge is 2.62. The fourth-order valence-corrected chi connectivity index (χ4v) is 4.13. The molecule has 3 heteroatoms. The van der Waals surface area contributed by atoms with Gasteiger partial charge in [0.1, 0.15) is 6.10 Å². The maximum absolute atomic E-state index is 12.1. The van der Waals surface area contributed by atoms with Crippen LogP contribution in [0, 0.1) is 16.7 Å². The van der Waals surface area contributed by atoms with Gasteiger partial charge in [-0.05, 0) is 43.7 Å². The number of hydrogen-bond acceptors (Lipinski definition) is 3. The lowest BCUT2D eigenvalue weighted by molar-refractivity contribution is -0.158. The average Bonchev–Trinajstić information content (AvgIpc) is 2.69. The summed E-state index contributed by atoms with van der Waals surface area (Å²) in [6, 6.07) is 0. The van der Waals surface area contributed by atoms with Gasteiger partial charge in [0.2, 0.25) is 0 Å². The first-order valence-electron chi connectivity index (χ1n) is 7.77. The van der Waals surface area contributed by atoms with Crippen LogP contribution >= 0.6 is 0 Å². The number of carbonyl (C=O) groups excluding carboxylic acids is 1. The molecule has 2 saturated carbocycles. The minimum Gasteiger partial charge on any atom is -0.461 e. The van der Waals surface area contributed by atoms with Crippen LogP contribution in [0.25, 0.3) is 0 Å². The maximum Gasteiger partial charge on any atom is 0.320 e. The van der Waals surface area contributed by atoms with Crippen molar-refractivity contribution in [2.24, 2.45) is 16.7 Å². The van der Waals surface area contributed by atoms with E-state index in [4.69, 9.17) is 4.74 Å². The van der Waals surface area contributed by atoms with E-state index in [1.54, 1.807) is 0 Å². The van der Waals surface area contributed by atoms with Crippen LogP contribution in [0.1, 0.15) is 53.9 Å². The number of likely N-dealkylation sites (N-methyl/N-ethyl adjacent to an activating group) is 1. The Kier molecular flexibility index (Phi) is 3.97. The summed E-state index contributed by atoms with van der Waals surface area (Å²) in [4.78, 5) is 14.2. The van der Waals surface area contributed by atoms with Crippen LogP contribution in [-0.4, -0.2) is 36.6 Å². The molecule has 2 bridgehead atoms. The molecule has 0 spiro atoms. The Balaban J connectivity index is 1.96. The Morgan fingerprint density at radius 1 is 1.26 bits per heavy atom. The van der Waals surface area contributed by atoms with Crippen LogP contribution in [0.3, 0.4) is 0 Å². The molecule has 2 rings (SSSR count). The summed E-state index contributed by atoms with van der Waals surface area (Å²) in [5.41, 5.74) is 0.490. The molecule has 110 valence electrons. The van der Waals surface area contributed by atoms with E-state index in [9.17, 15) is 4.79 Å². The second kappa shape index (κ2) is 5.08. The molecule has 0 aliphatic heterocycles. The lowest BCUT2D eigenvalue weighted by Crippen LogP contribution is -2.40. The van der Waals surface area contributed by atoms with Crippen LogP contribution in [0.4, 0.5) is 0 Å². The molecule has 0 radical (unpaired) electrons. The minimum atomic E-state index is -0.0433. The fraction of sp³-hybridized carbons (Fsp3) is 0.938. The summed E-state index contributed by atoms with van der Waals surface area (Å²) in [5.74, 6) is 0.682. The first-order valence-corrected chi connectivity index (χ1v) is 7.77. The molecule has 0 N–H and O–H groups in total. The number of fused-ring (bicyclic) bond motifs is 2. The van der Waals surface area contributed by atoms with Crippen LogP contribution in [0.5, 0.6) is 0 Å². The number of rotatable bonds is 5. The van der Waals surface area contributed by atoms with E-state index in [0.29, 0.717) is 12.0 Å². The number of nitrogens with zero attached hydrogens (tertiary/aromatic N) is 1. The van der Waals surface area contributed by atoms with Crippen molar-refractivity contribution in [1.29, 1.82) is 0 Å². The summed E-state index contributed by atoms with van der Waals surface area (Å²) < 4.78 is 5.84. The van der Waals surface area contributed by atoms with E-state index in [1.807, 2.05) is 0 Å². The van der Waals surface area contributed by atoms with E-state index in [0.717, 1.165) is 25.4 Å². The van der Waals surface area contributed by atoms with Gasteiger partial charge >= 0.3 is 5.97 Å². The molecular weight excluding hydrogens is 238 g/mol. The highest BCUT2D eigenvalue weighted by Crippen LogP contribution is 2.66. The zero-order valence-electron chi connectivity index (χ0n) is 13.2. The van der Waals surface area contributed by atoms with Gasteiger partial charge in [-0.1, -0.05) is 34.6 Å². The fourth-order valence-electron chi connectivity index (χ4n) is 4.13. The lowest BCUT2D eigenvalue weighted by atomic mass is 9.70. The van der Waals surface area contributed by atoms with E-state index in [1.165, 1.54) is 12.8 Å². The van der Waals surface area contributed by atoms with Crippen LogP contribution in [-0.2, 0) is 9.53 Å². The normalized spacial score (nSPS) is 35.9. The molecule has 2 aliphatic carbocycles. The van der Waals surface area contributed by atoms with Crippen molar-refractivity contribution >= 4 is 5.97 Å². The number of esters is 1. The molecule has 0 heterocycles. The molecule has 19 heavy (non-hydrogen) atoms. The molecule has 2 fully saturated rings. The first kappa shape index (κ1) is 14.8. The minimum absolute atomic E-state index is 0.0433. The second-order valence-electron chi connectivity index (χ2n) is 7.05. The molecule has 0 saturated heterocycles. The molecular formula is C16H29NO2. The monoisotopic (exact) mass is 267 g/mol. The van der Waals surface area contributed by atoms with Crippen LogP contribution in [0.15, 0.2) is 0 Å². The zero-order chi connectivity index (χ0) is 14.3. The summed E-state index contributed by atoms with van der Waals surface area (Å²) in [6.45, 7) is 13.4. The topological polar surface area (TPSA) is 29.5 Å². The zero-order valence-corrected chi connectivity index (χ0v) is 13.2. The third-order valence-electron chi connectivity index (χ3n) is 6.23. The van der Waals surface area contributed by atoms with Crippen molar-refractivity contribution in [1.82, 2.24) is 4.90 Å². The standard InChI is InChI=1S/C16H29NO2/c1-6-17(7-2)11-14(18)19-13-10-12-8-9-16(13,5)15(12,3)4/h12-13H,6-11H2,1-5H3/t12-,13+,16-/m1/s1. The van der Waals surface area contributed by atoms with Gasteiger partial charge in [-0.3, -0.25) is 9.69 Å². The third-order valence-corrected chi connectivity index (χ3v) is 6.23. The second-order valence-corrected chi connectivity index (χ2v) is 7.05. The van der Waals surface area contributed by atoms with Crippen LogP contribution < -0.4 is 0 Å². The molecule has 0 amide bonds. The summed E-state index contributed by atoms with van der Waals surface area (Å²) in [6.07, 6.45) is 3.69. The predicted octanol–water partition coefficient (Wildman–Crippen LogP) is 3.09.